The van der Waals surface area contributed by atoms with E-state index in [0.29, 0.717) is 42.0 Å². The van der Waals surface area contributed by atoms with Crippen LogP contribution in [0.25, 0.3) is 21.8 Å². The monoisotopic (exact) mass is 693 g/mol. The van der Waals surface area contributed by atoms with Gasteiger partial charge in [-0.15, -0.1) is 0 Å². The van der Waals surface area contributed by atoms with Gasteiger partial charge in [-0.1, -0.05) is 59.6 Å². The molecule has 3 saturated heterocycles. The Morgan fingerprint density at radius 3 is 2.44 bits per heavy atom. The summed E-state index contributed by atoms with van der Waals surface area (Å²) in [4.78, 5) is 50.7. The number of hydrogen-bond donors (Lipinski definition) is 2. The number of benzene rings is 3. The molecule has 2 unspecified atom stereocenters. The highest BCUT2D eigenvalue weighted by Crippen LogP contribution is 2.47. The van der Waals surface area contributed by atoms with Crippen LogP contribution in [-0.4, -0.2) is 111 Å². The van der Waals surface area contributed by atoms with E-state index in [4.69, 9.17) is 23.2 Å². The molecule has 1 amide bonds. The Balaban J connectivity index is 1.31. The average molecular weight is 695 g/mol. The maximum Gasteiger partial charge on any atom is 0.515 e. The third-order valence-corrected chi connectivity index (χ3v) is 12.2. The fraction of sp³-hybridized carbons (Fsp3) is 0.472. The Bertz CT molecular complexity index is 1900. The number of imidazole rings is 1. The number of piperidine rings is 2. The number of nitrogens with one attached hydrogen (secondary N) is 1. The zero-order valence-electron chi connectivity index (χ0n) is 27.3. The molecule has 3 aliphatic heterocycles. The van der Waals surface area contributed by atoms with Crippen molar-refractivity contribution in [3.63, 3.8) is 0 Å². The van der Waals surface area contributed by atoms with Crippen LogP contribution in [0.15, 0.2) is 59.4 Å². The van der Waals surface area contributed by atoms with Gasteiger partial charge in [0.15, 0.2) is 5.66 Å². The van der Waals surface area contributed by atoms with Gasteiger partial charge in [0, 0.05) is 56.0 Å². The second-order valence-corrected chi connectivity index (χ2v) is 14.7. The number of quaternary nitrogens is 1. The molecule has 1 aromatic heterocycles. The second-order valence-electron chi connectivity index (χ2n) is 13.9. The number of halogens is 2. The number of likely N-dealkylation sites (tertiary alicyclic amines) is 2. The Morgan fingerprint density at radius 2 is 1.73 bits per heavy atom. The molecular formula is C36H43Cl2N6O4+. The molecular weight excluding hydrogens is 651 g/mol. The molecule has 3 fully saturated rings. The van der Waals surface area contributed by atoms with Crippen molar-refractivity contribution in [2.45, 2.75) is 56.4 Å². The number of fused-ring (bicyclic) bond motifs is 3. The number of aromatic amines is 1. The van der Waals surface area contributed by atoms with Gasteiger partial charge in [-0.2, -0.15) is 4.79 Å². The van der Waals surface area contributed by atoms with Crippen LogP contribution in [-0.2, 0) is 11.3 Å². The van der Waals surface area contributed by atoms with Gasteiger partial charge in [0.25, 0.3) is 0 Å². The number of aromatic nitrogens is 2. The van der Waals surface area contributed by atoms with Gasteiger partial charge in [0.2, 0.25) is 0 Å². The first kappa shape index (κ1) is 33.3. The van der Waals surface area contributed by atoms with Crippen molar-refractivity contribution < 1.29 is 19.2 Å². The minimum Gasteiger partial charge on any atom is -0.435 e. The first-order valence-electron chi connectivity index (χ1n) is 16.9. The number of aldehydes is 1. The van der Waals surface area contributed by atoms with E-state index < -0.39 is 11.8 Å². The van der Waals surface area contributed by atoms with Crippen LogP contribution in [0.3, 0.4) is 0 Å². The summed E-state index contributed by atoms with van der Waals surface area (Å²) in [6.45, 7) is 5.36. The Kier molecular flexibility index (Phi) is 9.16. The number of carboxylic acid groups (broad SMARTS) is 1. The van der Waals surface area contributed by atoms with Crippen LogP contribution in [0.1, 0.15) is 43.7 Å². The van der Waals surface area contributed by atoms with Crippen molar-refractivity contribution >= 4 is 57.4 Å². The summed E-state index contributed by atoms with van der Waals surface area (Å²) in [6, 6.07) is 17.4. The minimum atomic E-state index is -1.11. The molecule has 2 N–H and O–H groups in total. The molecule has 0 bridgehead atoms. The van der Waals surface area contributed by atoms with E-state index in [1.807, 2.05) is 47.0 Å². The summed E-state index contributed by atoms with van der Waals surface area (Å²) < 4.78 is 1.46. The van der Waals surface area contributed by atoms with E-state index in [2.05, 4.69) is 26.7 Å². The van der Waals surface area contributed by atoms with Crippen LogP contribution in [0.5, 0.6) is 0 Å². The highest BCUT2D eigenvalue weighted by atomic mass is 35.5. The van der Waals surface area contributed by atoms with E-state index in [1.54, 1.807) is 12.1 Å². The molecule has 48 heavy (non-hydrogen) atoms. The lowest BCUT2D eigenvalue weighted by atomic mass is 9.82. The molecule has 0 aliphatic carbocycles. The third-order valence-electron chi connectivity index (χ3n) is 11.5. The maximum absolute atomic E-state index is 13.8. The SMILES string of the molecule is CN1CCC(N2CCN(C3(CC=O)CC(n4c(=O)[nH]c5c6ccccc6ccc54)CC[N@+]3(Cc3ccc(Cl)c(Cl)c3)C(=O)O)CC2)CC1. The topological polar surface area (TPSA) is 102 Å². The Hall–Kier alpha value is -3.25. The second kappa shape index (κ2) is 13.2. The van der Waals surface area contributed by atoms with Crippen LogP contribution >= 0.6 is 23.2 Å². The smallest absolute Gasteiger partial charge is 0.435 e. The average Bonchev–Trinajstić information content (AvgIpc) is 3.44. The van der Waals surface area contributed by atoms with Gasteiger partial charge in [-0.3, -0.25) is 9.47 Å². The van der Waals surface area contributed by atoms with E-state index in [-0.39, 0.29) is 35.7 Å². The number of piperazine rings is 1. The van der Waals surface area contributed by atoms with Gasteiger partial charge in [0.05, 0.1) is 40.1 Å². The summed E-state index contributed by atoms with van der Waals surface area (Å²) in [7, 11) is 2.16. The summed E-state index contributed by atoms with van der Waals surface area (Å²) in [5, 5.41) is 14.0. The fourth-order valence-corrected chi connectivity index (χ4v) is 9.31. The molecule has 4 aromatic rings. The van der Waals surface area contributed by atoms with Crippen molar-refractivity contribution in [2.75, 3.05) is 52.9 Å². The van der Waals surface area contributed by atoms with E-state index in [1.165, 1.54) is 0 Å². The number of amides is 1. The third kappa shape index (κ3) is 5.66. The van der Waals surface area contributed by atoms with Crippen molar-refractivity contribution in [1.82, 2.24) is 24.3 Å². The normalized spacial score (nSPS) is 26.7. The van der Waals surface area contributed by atoms with Crippen molar-refractivity contribution in [1.29, 1.82) is 0 Å². The number of H-pyrrole nitrogens is 1. The van der Waals surface area contributed by atoms with Crippen LogP contribution in [0.2, 0.25) is 10.0 Å². The molecule has 3 atom stereocenters. The lowest BCUT2D eigenvalue weighted by Crippen LogP contribution is -2.77. The number of carbonyl (C=O) groups is 2. The minimum absolute atomic E-state index is 0.0192. The predicted octanol–water partition coefficient (Wildman–Crippen LogP) is 5.82. The summed E-state index contributed by atoms with van der Waals surface area (Å²) >= 11 is 12.7. The summed E-state index contributed by atoms with van der Waals surface area (Å²) in [6.07, 6.45) is 2.91. The zero-order chi connectivity index (χ0) is 33.6. The van der Waals surface area contributed by atoms with Crippen LogP contribution in [0, 0.1) is 0 Å². The molecule has 0 radical (unpaired) electrons. The summed E-state index contributed by atoms with van der Waals surface area (Å²) in [5.41, 5.74) is 0.961. The van der Waals surface area contributed by atoms with Gasteiger partial charge < -0.3 is 19.8 Å². The summed E-state index contributed by atoms with van der Waals surface area (Å²) in [5.74, 6) is 0. The first-order valence-corrected chi connectivity index (χ1v) is 17.7. The Morgan fingerprint density at radius 1 is 0.979 bits per heavy atom. The lowest BCUT2D eigenvalue weighted by molar-refractivity contribution is -0.942. The van der Waals surface area contributed by atoms with Crippen molar-refractivity contribution in [3.8, 4) is 0 Å². The zero-order valence-corrected chi connectivity index (χ0v) is 28.8. The van der Waals surface area contributed by atoms with Gasteiger partial charge in [0.1, 0.15) is 12.8 Å². The number of carbonyl (C=O) groups excluding carboxylic acids is 1. The van der Waals surface area contributed by atoms with Gasteiger partial charge in [-0.05, 0) is 56.6 Å². The molecule has 0 spiro atoms. The highest BCUT2D eigenvalue weighted by Gasteiger charge is 2.63. The van der Waals surface area contributed by atoms with Gasteiger partial charge >= 0.3 is 11.8 Å². The molecule has 7 rings (SSSR count). The van der Waals surface area contributed by atoms with Crippen molar-refractivity contribution in [3.05, 3.63) is 80.7 Å². The standard InChI is InChI=1S/C36H42Cl2N6O4/c1-40-14-10-27(11-15-40)41-16-18-42(19-17-41)36(13-21-45)23-28(12-20-44(36,35(47)48)24-25-6-8-30(37)31(38)22-25)43-32-9-7-26-4-2-3-5-29(26)33(32)39-34(43)46/h2-9,21-22,27-28H,10-20,23-24H2,1H3,(H-,39,46,47,48)/p+1/t28?,36?,44-/m0/s1. The number of rotatable bonds is 7. The number of nitrogens with zero attached hydrogens (tertiary/aromatic N) is 5. The van der Waals surface area contributed by atoms with Gasteiger partial charge in [-0.25, -0.2) is 14.2 Å². The molecule has 254 valence electrons. The lowest BCUT2D eigenvalue weighted by Gasteiger charge is -2.59. The van der Waals surface area contributed by atoms with E-state index >= 15 is 0 Å². The van der Waals surface area contributed by atoms with Crippen molar-refractivity contribution in [2.24, 2.45) is 0 Å². The predicted molar refractivity (Wildman–Crippen MR) is 189 cm³/mol. The maximum atomic E-state index is 13.8. The fourth-order valence-electron chi connectivity index (χ4n) is 8.98. The quantitative estimate of drug-likeness (QED) is 0.186. The van der Waals surface area contributed by atoms with E-state index in [0.717, 1.165) is 72.7 Å². The highest BCUT2D eigenvalue weighted by molar-refractivity contribution is 6.42. The molecule has 3 aromatic carbocycles. The molecule has 3 aliphatic rings. The van der Waals surface area contributed by atoms with E-state index in [9.17, 15) is 19.5 Å². The molecule has 12 heteroatoms. The molecule has 0 saturated carbocycles. The number of hydrogen-bond acceptors (Lipinski definition) is 6. The Labute approximate surface area is 290 Å². The first-order chi connectivity index (χ1) is 23.2. The van der Waals surface area contributed by atoms with Crippen LogP contribution < -0.4 is 5.69 Å². The molecule has 10 nitrogen and oxygen atoms in total. The van der Waals surface area contributed by atoms with Crippen LogP contribution in [0.4, 0.5) is 4.79 Å². The largest absolute Gasteiger partial charge is 0.515 e. The molecule has 4 heterocycles.